The molecule has 1 amide bonds. The van der Waals surface area contributed by atoms with Crippen LogP contribution in [-0.4, -0.2) is 56.0 Å². The van der Waals surface area contributed by atoms with E-state index in [1.54, 1.807) is 18.3 Å². The summed E-state index contributed by atoms with van der Waals surface area (Å²) in [7, 11) is 0. The second kappa shape index (κ2) is 6.61. The third-order valence-electron chi connectivity index (χ3n) is 6.09. The van der Waals surface area contributed by atoms with Crippen LogP contribution in [0.2, 0.25) is 0 Å². The zero-order chi connectivity index (χ0) is 20.0. The molecule has 0 saturated carbocycles. The van der Waals surface area contributed by atoms with Crippen LogP contribution in [0.5, 0.6) is 5.75 Å². The van der Waals surface area contributed by atoms with E-state index in [1.165, 1.54) is 0 Å². The second-order valence-corrected chi connectivity index (χ2v) is 8.02. The zero-order valence-corrected chi connectivity index (χ0v) is 15.9. The van der Waals surface area contributed by atoms with Crippen LogP contribution in [-0.2, 0) is 6.54 Å². The number of pyridine rings is 1. The molecule has 7 nitrogen and oxygen atoms in total. The molecule has 0 aliphatic carbocycles. The zero-order valence-electron chi connectivity index (χ0n) is 15.9. The van der Waals surface area contributed by atoms with Crippen LogP contribution < -0.4 is 0 Å². The maximum atomic E-state index is 13.2. The first-order valence-corrected chi connectivity index (χ1v) is 9.78. The lowest BCUT2D eigenvalue weighted by Crippen LogP contribution is -2.68. The number of carbonyl (C=O) groups excluding carboxylic acids is 1. The number of hydrogen-bond donors (Lipinski definition) is 2. The summed E-state index contributed by atoms with van der Waals surface area (Å²) >= 11 is 0. The Labute approximate surface area is 168 Å². The lowest BCUT2D eigenvalue weighted by atomic mass is 9.86. The Morgan fingerprint density at radius 3 is 2.97 bits per heavy atom. The molecule has 2 N–H and O–H groups in total. The summed E-state index contributed by atoms with van der Waals surface area (Å²) in [6.07, 6.45) is 3.73. The van der Waals surface area contributed by atoms with Crippen molar-refractivity contribution >= 4 is 16.9 Å². The van der Waals surface area contributed by atoms with Crippen molar-refractivity contribution in [1.82, 2.24) is 19.8 Å². The highest BCUT2D eigenvalue weighted by atomic mass is 16.3. The van der Waals surface area contributed by atoms with Gasteiger partial charge in [0.25, 0.3) is 5.91 Å². The van der Waals surface area contributed by atoms with E-state index in [0.717, 1.165) is 49.1 Å². The van der Waals surface area contributed by atoms with Gasteiger partial charge in [0.1, 0.15) is 23.2 Å². The first kappa shape index (κ1) is 17.7. The molecule has 0 bridgehead atoms. The van der Waals surface area contributed by atoms with Crippen molar-refractivity contribution in [1.29, 1.82) is 5.26 Å². The first-order chi connectivity index (χ1) is 14.1. The number of likely N-dealkylation sites (tertiary alicyclic amines) is 2. The van der Waals surface area contributed by atoms with Crippen LogP contribution >= 0.6 is 0 Å². The minimum Gasteiger partial charge on any atom is -0.507 e. The van der Waals surface area contributed by atoms with E-state index >= 15 is 0 Å². The summed E-state index contributed by atoms with van der Waals surface area (Å²) in [5.74, 6) is 0.0493. The molecule has 5 rings (SSSR count). The molecule has 2 aliphatic heterocycles. The topological polar surface area (TPSA) is 96.3 Å². The quantitative estimate of drug-likeness (QED) is 0.720. The van der Waals surface area contributed by atoms with Gasteiger partial charge in [0.2, 0.25) is 0 Å². The molecule has 2 saturated heterocycles. The fourth-order valence-corrected chi connectivity index (χ4v) is 4.73. The number of aromatic amines is 1. The van der Waals surface area contributed by atoms with E-state index in [-0.39, 0.29) is 17.2 Å². The Hall–Kier alpha value is -3.37. The molecule has 0 atom stereocenters. The van der Waals surface area contributed by atoms with Crippen molar-refractivity contribution in [3.8, 4) is 11.8 Å². The normalized spacial score (nSPS) is 18.1. The molecule has 2 fully saturated rings. The monoisotopic (exact) mass is 387 g/mol. The Morgan fingerprint density at radius 2 is 2.17 bits per heavy atom. The fourth-order valence-electron chi connectivity index (χ4n) is 4.73. The number of nitriles is 1. The number of phenols is 1. The van der Waals surface area contributed by atoms with Gasteiger partial charge in [-0.3, -0.25) is 9.69 Å². The van der Waals surface area contributed by atoms with Crippen molar-refractivity contribution in [2.75, 3.05) is 19.6 Å². The number of H-pyrrole nitrogens is 1. The molecular formula is C22H21N5O2. The van der Waals surface area contributed by atoms with Gasteiger partial charge in [0, 0.05) is 37.8 Å². The molecule has 3 aromatic rings. The van der Waals surface area contributed by atoms with Gasteiger partial charge in [-0.05, 0) is 48.7 Å². The van der Waals surface area contributed by atoms with Crippen LogP contribution in [0.3, 0.4) is 0 Å². The van der Waals surface area contributed by atoms with Crippen molar-refractivity contribution < 1.29 is 9.90 Å². The average molecular weight is 387 g/mol. The molecule has 146 valence electrons. The maximum Gasteiger partial charge on any atom is 0.270 e. The largest absolute Gasteiger partial charge is 0.507 e. The van der Waals surface area contributed by atoms with Gasteiger partial charge in [-0.1, -0.05) is 6.07 Å². The highest BCUT2D eigenvalue weighted by molar-refractivity contribution is 5.97. The van der Waals surface area contributed by atoms with Crippen LogP contribution in [0, 0.1) is 11.3 Å². The molecule has 2 aliphatic rings. The van der Waals surface area contributed by atoms with Crippen molar-refractivity contribution in [2.45, 2.75) is 24.9 Å². The van der Waals surface area contributed by atoms with Gasteiger partial charge >= 0.3 is 0 Å². The second-order valence-electron chi connectivity index (χ2n) is 8.02. The number of phenolic OH excluding ortho intramolecular Hbond substituents is 1. The van der Waals surface area contributed by atoms with Gasteiger partial charge in [-0.25, -0.2) is 4.98 Å². The predicted molar refractivity (Wildman–Crippen MR) is 107 cm³/mol. The number of aromatic nitrogens is 2. The Morgan fingerprint density at radius 1 is 1.31 bits per heavy atom. The van der Waals surface area contributed by atoms with Crippen molar-refractivity contribution in [2.24, 2.45) is 0 Å². The molecule has 0 unspecified atom stereocenters. The molecule has 29 heavy (non-hydrogen) atoms. The minimum absolute atomic E-state index is 0.0109. The van der Waals surface area contributed by atoms with Crippen LogP contribution in [0.15, 0.2) is 42.6 Å². The van der Waals surface area contributed by atoms with Gasteiger partial charge in [0.05, 0.1) is 11.1 Å². The number of hydrogen-bond acceptors (Lipinski definition) is 5. The minimum atomic E-state index is -0.114. The number of rotatable bonds is 3. The van der Waals surface area contributed by atoms with Crippen LogP contribution in [0.1, 0.15) is 34.5 Å². The smallest absolute Gasteiger partial charge is 0.270 e. The van der Waals surface area contributed by atoms with E-state index in [2.05, 4.69) is 14.9 Å². The maximum absolute atomic E-state index is 13.2. The SMILES string of the molecule is N#Cc1cc(CN2CC3(CCCN3C(=O)c3cc4cccnc4[nH]3)C2)ccc1O. The summed E-state index contributed by atoms with van der Waals surface area (Å²) in [5, 5.41) is 19.7. The third kappa shape index (κ3) is 2.93. The van der Waals surface area contributed by atoms with E-state index in [1.807, 2.05) is 35.2 Å². The highest BCUT2D eigenvalue weighted by Gasteiger charge is 2.52. The Balaban J connectivity index is 1.30. The summed E-state index contributed by atoms with van der Waals surface area (Å²) in [5.41, 5.74) is 2.50. The molecule has 0 radical (unpaired) electrons. The number of fused-ring (bicyclic) bond motifs is 1. The third-order valence-corrected chi connectivity index (χ3v) is 6.09. The molecule has 4 heterocycles. The van der Waals surface area contributed by atoms with E-state index in [9.17, 15) is 9.90 Å². The first-order valence-electron chi connectivity index (χ1n) is 9.78. The summed E-state index contributed by atoms with van der Waals surface area (Å²) < 4.78 is 0. The highest BCUT2D eigenvalue weighted by Crippen LogP contribution is 2.39. The molecule has 1 spiro atoms. The standard InChI is InChI=1S/C22H21N5O2/c23-11-17-9-15(4-5-19(17)28)12-26-13-22(14-26)6-2-8-27(22)21(29)18-10-16-3-1-7-24-20(16)25-18/h1,3-5,7,9-10,28H,2,6,8,12-14H2,(H,24,25). The Kier molecular flexibility index (Phi) is 4.03. The van der Waals surface area contributed by atoms with Gasteiger partial charge in [0.15, 0.2) is 0 Å². The van der Waals surface area contributed by atoms with Crippen LogP contribution in [0.4, 0.5) is 0 Å². The van der Waals surface area contributed by atoms with E-state index < -0.39 is 0 Å². The number of benzene rings is 1. The Bertz CT molecular complexity index is 1110. The van der Waals surface area contributed by atoms with Gasteiger partial charge in [-0.2, -0.15) is 5.26 Å². The van der Waals surface area contributed by atoms with Crippen molar-refractivity contribution in [3.05, 3.63) is 59.4 Å². The fraction of sp³-hybridized carbons (Fsp3) is 0.318. The summed E-state index contributed by atoms with van der Waals surface area (Å²) in [6, 6.07) is 12.9. The molecule has 2 aromatic heterocycles. The van der Waals surface area contributed by atoms with Gasteiger partial charge < -0.3 is 15.0 Å². The number of nitrogens with zero attached hydrogens (tertiary/aromatic N) is 4. The summed E-state index contributed by atoms with van der Waals surface area (Å²) in [6.45, 7) is 3.11. The van der Waals surface area contributed by atoms with Crippen molar-refractivity contribution in [3.63, 3.8) is 0 Å². The molecule has 7 heteroatoms. The number of aromatic hydroxyl groups is 1. The van der Waals surface area contributed by atoms with Gasteiger partial charge in [-0.15, -0.1) is 0 Å². The average Bonchev–Trinajstić information content (AvgIpc) is 3.33. The molecular weight excluding hydrogens is 366 g/mol. The number of carbonyl (C=O) groups is 1. The number of amides is 1. The molecule has 1 aromatic carbocycles. The number of nitrogens with one attached hydrogen (secondary N) is 1. The van der Waals surface area contributed by atoms with E-state index in [4.69, 9.17) is 5.26 Å². The lowest BCUT2D eigenvalue weighted by molar-refractivity contribution is -0.0239. The van der Waals surface area contributed by atoms with E-state index in [0.29, 0.717) is 17.8 Å². The predicted octanol–water partition coefficient (Wildman–Crippen LogP) is 2.63. The van der Waals surface area contributed by atoms with Crippen LogP contribution in [0.25, 0.3) is 11.0 Å². The summed E-state index contributed by atoms with van der Waals surface area (Å²) in [4.78, 5) is 24.9. The lowest BCUT2D eigenvalue weighted by Gasteiger charge is -2.52.